The Labute approximate surface area is 169 Å². The number of rotatable bonds is 9. The fraction of sp³-hybridized carbons (Fsp3) is 0.381. The molecule has 148 valence electrons. The maximum absolute atomic E-state index is 12.2. The summed E-state index contributed by atoms with van der Waals surface area (Å²) in [6.07, 6.45) is 1.77. The molecular formula is C21H24N2O4S. The quantitative estimate of drug-likeness (QED) is 0.496. The molecule has 0 unspecified atom stereocenters. The number of aryl methyl sites for hydroxylation is 1. The Bertz CT molecular complexity index is 866. The Hall–Kier alpha value is -2.85. The smallest absolute Gasteiger partial charge is 0.348 e. The van der Waals surface area contributed by atoms with Gasteiger partial charge >= 0.3 is 5.97 Å². The second kappa shape index (κ2) is 10.5. The lowest BCUT2D eigenvalue weighted by Gasteiger charge is -2.07. The Morgan fingerprint density at radius 1 is 1.21 bits per heavy atom. The number of thiophene rings is 1. The Morgan fingerprint density at radius 2 is 1.93 bits per heavy atom. The van der Waals surface area contributed by atoms with E-state index in [-0.39, 0.29) is 18.9 Å². The highest BCUT2D eigenvalue weighted by atomic mass is 32.1. The van der Waals surface area contributed by atoms with E-state index in [0.717, 1.165) is 23.5 Å². The van der Waals surface area contributed by atoms with Crippen molar-refractivity contribution >= 4 is 28.2 Å². The predicted molar refractivity (Wildman–Crippen MR) is 109 cm³/mol. The minimum Gasteiger partial charge on any atom is -0.494 e. The summed E-state index contributed by atoms with van der Waals surface area (Å²) in [5, 5.41) is 12.5. The standard InChI is InChI=1S/C21H24N2O4S/c1-4-15-8-10-16(11-9-15)27-12-6-7-18(24)23-20-17(13-22)14(3)19(28-20)21(25)26-5-2/h8-11H,4-7,12H2,1-3H3,(H,23,24). The summed E-state index contributed by atoms with van der Waals surface area (Å²) in [6, 6.07) is 9.93. The van der Waals surface area contributed by atoms with E-state index < -0.39 is 5.97 Å². The average molecular weight is 401 g/mol. The van der Waals surface area contributed by atoms with Crippen molar-refractivity contribution in [3.8, 4) is 11.8 Å². The molecule has 0 bridgehead atoms. The molecule has 0 aliphatic carbocycles. The first-order valence-corrected chi connectivity index (χ1v) is 10.0. The lowest BCUT2D eigenvalue weighted by Crippen LogP contribution is -2.12. The number of anilines is 1. The maximum Gasteiger partial charge on any atom is 0.348 e. The molecule has 0 fully saturated rings. The van der Waals surface area contributed by atoms with Gasteiger partial charge in [-0.25, -0.2) is 4.79 Å². The highest BCUT2D eigenvalue weighted by Gasteiger charge is 2.22. The third kappa shape index (κ3) is 5.57. The third-order valence-electron chi connectivity index (χ3n) is 4.12. The van der Waals surface area contributed by atoms with Crippen LogP contribution in [-0.2, 0) is 16.0 Å². The van der Waals surface area contributed by atoms with Gasteiger partial charge in [-0.2, -0.15) is 5.26 Å². The topological polar surface area (TPSA) is 88.4 Å². The van der Waals surface area contributed by atoms with Crippen LogP contribution in [0.1, 0.15) is 53.1 Å². The van der Waals surface area contributed by atoms with E-state index >= 15 is 0 Å². The number of nitrogens with zero attached hydrogens (tertiary/aromatic N) is 1. The fourth-order valence-electron chi connectivity index (χ4n) is 2.56. The molecule has 1 amide bonds. The molecule has 2 rings (SSSR count). The Kier molecular flexibility index (Phi) is 8.02. The van der Waals surface area contributed by atoms with Gasteiger partial charge in [0.25, 0.3) is 0 Å². The molecule has 0 radical (unpaired) electrons. The molecule has 1 aromatic carbocycles. The van der Waals surface area contributed by atoms with Gasteiger partial charge in [0.15, 0.2) is 0 Å². The normalized spacial score (nSPS) is 10.2. The van der Waals surface area contributed by atoms with Crippen molar-refractivity contribution in [1.29, 1.82) is 5.26 Å². The van der Waals surface area contributed by atoms with E-state index in [0.29, 0.717) is 34.0 Å². The molecule has 0 atom stereocenters. The van der Waals surface area contributed by atoms with Crippen LogP contribution in [0.5, 0.6) is 5.75 Å². The minimum atomic E-state index is -0.482. The summed E-state index contributed by atoms with van der Waals surface area (Å²) < 4.78 is 10.6. The first kappa shape index (κ1) is 21.5. The van der Waals surface area contributed by atoms with Crippen LogP contribution in [0.4, 0.5) is 5.00 Å². The Balaban J connectivity index is 1.87. The molecule has 6 nitrogen and oxygen atoms in total. The molecule has 1 heterocycles. The van der Waals surface area contributed by atoms with Crippen molar-refractivity contribution in [3.63, 3.8) is 0 Å². The zero-order valence-electron chi connectivity index (χ0n) is 16.3. The molecule has 0 saturated heterocycles. The van der Waals surface area contributed by atoms with E-state index in [1.54, 1.807) is 13.8 Å². The van der Waals surface area contributed by atoms with E-state index in [4.69, 9.17) is 9.47 Å². The molecule has 7 heteroatoms. The van der Waals surface area contributed by atoms with E-state index in [9.17, 15) is 14.9 Å². The van der Waals surface area contributed by atoms with Crippen LogP contribution in [0.25, 0.3) is 0 Å². The van der Waals surface area contributed by atoms with Crippen LogP contribution < -0.4 is 10.1 Å². The van der Waals surface area contributed by atoms with Crippen molar-refractivity contribution in [2.45, 2.75) is 40.0 Å². The van der Waals surface area contributed by atoms with Crippen molar-refractivity contribution in [2.75, 3.05) is 18.5 Å². The predicted octanol–water partition coefficient (Wildman–Crippen LogP) is 4.47. The zero-order chi connectivity index (χ0) is 20.5. The van der Waals surface area contributed by atoms with Crippen molar-refractivity contribution in [1.82, 2.24) is 0 Å². The average Bonchev–Trinajstić information content (AvgIpc) is 3.01. The summed E-state index contributed by atoms with van der Waals surface area (Å²) in [4.78, 5) is 24.5. The molecule has 0 saturated carbocycles. The monoisotopic (exact) mass is 400 g/mol. The first-order chi connectivity index (χ1) is 13.5. The van der Waals surface area contributed by atoms with Gasteiger partial charge in [-0.1, -0.05) is 19.1 Å². The number of ether oxygens (including phenoxy) is 2. The fourth-order valence-corrected chi connectivity index (χ4v) is 3.63. The largest absolute Gasteiger partial charge is 0.494 e. The number of nitrogens with one attached hydrogen (secondary N) is 1. The van der Waals surface area contributed by atoms with E-state index in [1.165, 1.54) is 5.56 Å². The molecule has 2 aromatic rings. The number of hydrogen-bond acceptors (Lipinski definition) is 6. The van der Waals surface area contributed by atoms with Gasteiger partial charge in [-0.15, -0.1) is 11.3 Å². The van der Waals surface area contributed by atoms with Crippen LogP contribution in [0.3, 0.4) is 0 Å². The summed E-state index contributed by atoms with van der Waals surface area (Å²) in [5.41, 5.74) is 2.07. The molecule has 0 spiro atoms. The minimum absolute atomic E-state index is 0.224. The van der Waals surface area contributed by atoms with Gasteiger partial charge in [0.1, 0.15) is 21.7 Å². The second-order valence-corrected chi connectivity index (χ2v) is 7.11. The van der Waals surface area contributed by atoms with Crippen LogP contribution in [0, 0.1) is 18.3 Å². The number of carbonyl (C=O) groups excluding carboxylic acids is 2. The summed E-state index contributed by atoms with van der Waals surface area (Å²) in [6.45, 7) is 6.16. The van der Waals surface area contributed by atoms with Crippen LogP contribution in [0.2, 0.25) is 0 Å². The number of benzene rings is 1. The lowest BCUT2D eigenvalue weighted by molar-refractivity contribution is -0.116. The molecule has 0 aliphatic heterocycles. The number of amides is 1. The van der Waals surface area contributed by atoms with Gasteiger partial charge in [-0.05, 0) is 49.9 Å². The van der Waals surface area contributed by atoms with Gasteiger partial charge < -0.3 is 14.8 Å². The SMILES string of the molecule is CCOC(=O)c1sc(NC(=O)CCCOc2ccc(CC)cc2)c(C#N)c1C. The molecule has 28 heavy (non-hydrogen) atoms. The second-order valence-electron chi connectivity index (χ2n) is 6.09. The van der Waals surface area contributed by atoms with Crippen molar-refractivity contribution < 1.29 is 19.1 Å². The zero-order valence-corrected chi connectivity index (χ0v) is 17.1. The summed E-state index contributed by atoms with van der Waals surface area (Å²) >= 11 is 1.07. The summed E-state index contributed by atoms with van der Waals surface area (Å²) in [5.74, 6) is 0.0694. The van der Waals surface area contributed by atoms with Crippen LogP contribution in [0.15, 0.2) is 24.3 Å². The number of esters is 1. The number of hydrogen-bond donors (Lipinski definition) is 1. The van der Waals surface area contributed by atoms with Gasteiger partial charge in [0, 0.05) is 6.42 Å². The first-order valence-electron chi connectivity index (χ1n) is 9.22. The van der Waals surface area contributed by atoms with Crippen LogP contribution in [-0.4, -0.2) is 25.1 Å². The van der Waals surface area contributed by atoms with E-state index in [2.05, 4.69) is 12.2 Å². The molecule has 1 aromatic heterocycles. The molecule has 0 aliphatic rings. The van der Waals surface area contributed by atoms with Gasteiger partial charge in [-0.3, -0.25) is 4.79 Å². The highest BCUT2D eigenvalue weighted by Crippen LogP contribution is 2.33. The lowest BCUT2D eigenvalue weighted by atomic mass is 10.1. The summed E-state index contributed by atoms with van der Waals surface area (Å²) in [7, 11) is 0. The molecule has 1 N–H and O–H groups in total. The Morgan fingerprint density at radius 3 is 2.54 bits per heavy atom. The third-order valence-corrected chi connectivity index (χ3v) is 5.31. The number of nitriles is 1. The number of carbonyl (C=O) groups is 2. The van der Waals surface area contributed by atoms with E-state index in [1.807, 2.05) is 30.3 Å². The molecular weight excluding hydrogens is 376 g/mol. The van der Waals surface area contributed by atoms with Crippen molar-refractivity contribution in [3.05, 3.63) is 45.8 Å². The van der Waals surface area contributed by atoms with Gasteiger partial charge in [0.05, 0.1) is 18.8 Å². The van der Waals surface area contributed by atoms with Crippen molar-refractivity contribution in [2.24, 2.45) is 0 Å². The van der Waals surface area contributed by atoms with Gasteiger partial charge in [0.2, 0.25) is 5.91 Å². The maximum atomic E-state index is 12.2. The highest BCUT2D eigenvalue weighted by molar-refractivity contribution is 7.18. The van der Waals surface area contributed by atoms with Crippen LogP contribution >= 0.6 is 11.3 Å².